The molecule has 0 aromatic carbocycles. The summed E-state index contributed by atoms with van der Waals surface area (Å²) in [5, 5.41) is 6.89. The van der Waals surface area contributed by atoms with Crippen LogP contribution in [0.5, 0.6) is 0 Å². The van der Waals surface area contributed by atoms with Crippen LogP contribution in [0.4, 0.5) is 10.6 Å². The van der Waals surface area contributed by atoms with Crippen LogP contribution >= 0.6 is 0 Å². The Morgan fingerprint density at radius 3 is 2.73 bits per heavy atom. The molecule has 0 saturated heterocycles. The minimum atomic E-state index is -0.534. The van der Waals surface area contributed by atoms with Crippen LogP contribution in [-0.2, 0) is 18.2 Å². The zero-order valence-corrected chi connectivity index (χ0v) is 13.7. The van der Waals surface area contributed by atoms with Crippen LogP contribution in [0.15, 0.2) is 24.5 Å². The lowest BCUT2D eigenvalue weighted by molar-refractivity contribution is 0.0635. The molecular formula is C16H22N4O2. The molecule has 2 aromatic heterocycles. The molecule has 0 aliphatic carbocycles. The van der Waals surface area contributed by atoms with Crippen LogP contribution in [0.25, 0.3) is 0 Å². The highest BCUT2D eigenvalue weighted by molar-refractivity contribution is 5.83. The van der Waals surface area contributed by atoms with Crippen molar-refractivity contribution in [1.82, 2.24) is 14.8 Å². The number of hydrogen-bond acceptors (Lipinski definition) is 4. The zero-order chi connectivity index (χ0) is 16.3. The minimum absolute atomic E-state index is 0.478. The molecular weight excluding hydrogens is 280 g/mol. The molecule has 2 heterocycles. The van der Waals surface area contributed by atoms with Gasteiger partial charge in [0.05, 0.1) is 6.20 Å². The molecule has 6 heteroatoms. The number of carbonyl (C=O) groups excluding carboxylic acids is 1. The second-order valence-electron chi connectivity index (χ2n) is 6.25. The van der Waals surface area contributed by atoms with Crippen LogP contribution < -0.4 is 5.32 Å². The van der Waals surface area contributed by atoms with Gasteiger partial charge in [-0.1, -0.05) is 0 Å². The number of nitrogens with one attached hydrogen (secondary N) is 1. The van der Waals surface area contributed by atoms with Crippen molar-refractivity contribution < 1.29 is 9.53 Å². The smallest absolute Gasteiger partial charge is 0.413 e. The number of aromatic nitrogens is 3. The summed E-state index contributed by atoms with van der Waals surface area (Å²) >= 11 is 0. The average molecular weight is 302 g/mol. The van der Waals surface area contributed by atoms with Gasteiger partial charge in [-0.05, 0) is 51.0 Å². The maximum Gasteiger partial charge on any atom is 0.413 e. The Hall–Kier alpha value is -2.37. The summed E-state index contributed by atoms with van der Waals surface area (Å²) in [5.74, 6) is 0.478. The second kappa shape index (κ2) is 6.17. The Balaban J connectivity index is 2.09. The van der Waals surface area contributed by atoms with Crippen molar-refractivity contribution >= 4 is 11.9 Å². The van der Waals surface area contributed by atoms with Gasteiger partial charge in [0.1, 0.15) is 11.4 Å². The first-order valence-corrected chi connectivity index (χ1v) is 7.17. The number of aryl methyl sites for hydroxylation is 2. The highest BCUT2D eigenvalue weighted by Gasteiger charge is 2.16. The lowest BCUT2D eigenvalue weighted by atomic mass is 10.1. The van der Waals surface area contributed by atoms with Crippen molar-refractivity contribution in [1.29, 1.82) is 0 Å². The third-order valence-electron chi connectivity index (χ3n) is 3.10. The summed E-state index contributed by atoms with van der Waals surface area (Å²) in [5.41, 5.74) is 2.79. The van der Waals surface area contributed by atoms with Crippen molar-refractivity contribution in [3.63, 3.8) is 0 Å². The van der Waals surface area contributed by atoms with Gasteiger partial charge in [0.25, 0.3) is 0 Å². The normalized spacial score (nSPS) is 11.3. The lowest BCUT2D eigenvalue weighted by Crippen LogP contribution is -2.27. The largest absolute Gasteiger partial charge is 0.444 e. The Morgan fingerprint density at radius 2 is 2.14 bits per heavy atom. The SMILES string of the molecule is Cc1cnn(C)c1Cc1ccnc(NC(=O)OC(C)(C)C)c1. The van der Waals surface area contributed by atoms with Crippen molar-refractivity contribution in [2.75, 3.05) is 5.32 Å². The van der Waals surface area contributed by atoms with Crippen LogP contribution in [0.3, 0.4) is 0 Å². The standard InChI is InChI=1S/C16H22N4O2/c1-11-10-18-20(5)13(11)8-12-6-7-17-14(9-12)19-15(21)22-16(2,3)4/h6-7,9-10H,8H2,1-5H3,(H,17,19,21). The van der Waals surface area contributed by atoms with E-state index < -0.39 is 11.7 Å². The summed E-state index contributed by atoms with van der Waals surface area (Å²) < 4.78 is 7.08. The predicted molar refractivity (Wildman–Crippen MR) is 84.8 cm³/mol. The van der Waals surface area contributed by atoms with Crippen LogP contribution in [-0.4, -0.2) is 26.5 Å². The number of pyridine rings is 1. The summed E-state index contributed by atoms with van der Waals surface area (Å²) in [7, 11) is 1.92. The van der Waals surface area contributed by atoms with E-state index in [9.17, 15) is 4.79 Å². The molecule has 0 aliphatic heterocycles. The fraction of sp³-hybridized carbons (Fsp3) is 0.438. The summed E-state index contributed by atoms with van der Waals surface area (Å²) in [6, 6.07) is 3.77. The first-order chi connectivity index (χ1) is 10.2. The molecule has 0 spiro atoms. The van der Waals surface area contributed by atoms with Crippen molar-refractivity contribution in [3.8, 4) is 0 Å². The Labute approximate surface area is 130 Å². The number of carbonyl (C=O) groups is 1. The highest BCUT2D eigenvalue weighted by atomic mass is 16.6. The quantitative estimate of drug-likeness (QED) is 0.946. The topological polar surface area (TPSA) is 69.0 Å². The maximum absolute atomic E-state index is 11.8. The number of amides is 1. The molecule has 0 saturated carbocycles. The Bertz CT molecular complexity index is 652. The molecule has 1 N–H and O–H groups in total. The first kappa shape index (κ1) is 16.0. The molecule has 0 bridgehead atoms. The van der Waals surface area contributed by atoms with E-state index in [4.69, 9.17) is 4.74 Å². The molecule has 2 rings (SSSR count). The highest BCUT2D eigenvalue weighted by Crippen LogP contribution is 2.16. The lowest BCUT2D eigenvalue weighted by Gasteiger charge is -2.19. The molecule has 0 fully saturated rings. The molecule has 22 heavy (non-hydrogen) atoms. The van der Waals surface area contributed by atoms with Crippen LogP contribution in [0.1, 0.15) is 37.6 Å². The van der Waals surface area contributed by atoms with Crippen molar-refractivity contribution in [3.05, 3.63) is 41.3 Å². The minimum Gasteiger partial charge on any atom is -0.444 e. The van der Waals surface area contributed by atoms with Gasteiger partial charge in [-0.3, -0.25) is 10.00 Å². The molecule has 2 aromatic rings. The van der Waals surface area contributed by atoms with Gasteiger partial charge in [0, 0.05) is 25.4 Å². The number of ether oxygens (including phenoxy) is 1. The second-order valence-corrected chi connectivity index (χ2v) is 6.25. The first-order valence-electron chi connectivity index (χ1n) is 7.17. The third kappa shape index (κ3) is 4.31. The number of rotatable bonds is 3. The Kier molecular flexibility index (Phi) is 4.49. The predicted octanol–water partition coefficient (Wildman–Crippen LogP) is 3.06. The summed E-state index contributed by atoms with van der Waals surface area (Å²) in [4.78, 5) is 15.9. The van der Waals surface area contributed by atoms with Crippen LogP contribution in [0, 0.1) is 6.92 Å². The number of hydrogen-bond donors (Lipinski definition) is 1. The molecule has 0 aliphatic rings. The van der Waals surface area contributed by atoms with E-state index in [-0.39, 0.29) is 0 Å². The van der Waals surface area contributed by atoms with Crippen LogP contribution in [0.2, 0.25) is 0 Å². The molecule has 0 atom stereocenters. The van der Waals surface area contributed by atoms with Gasteiger partial charge in [0.15, 0.2) is 0 Å². The fourth-order valence-corrected chi connectivity index (χ4v) is 2.08. The summed E-state index contributed by atoms with van der Waals surface area (Å²) in [6.45, 7) is 7.49. The zero-order valence-electron chi connectivity index (χ0n) is 13.7. The van der Waals surface area contributed by atoms with E-state index >= 15 is 0 Å². The maximum atomic E-state index is 11.8. The van der Waals surface area contributed by atoms with E-state index in [0.29, 0.717) is 5.82 Å². The van der Waals surface area contributed by atoms with E-state index in [2.05, 4.69) is 15.4 Å². The average Bonchev–Trinajstić information content (AvgIpc) is 2.69. The number of nitrogens with zero attached hydrogens (tertiary/aromatic N) is 3. The van der Waals surface area contributed by atoms with Gasteiger partial charge in [-0.25, -0.2) is 9.78 Å². The molecule has 6 nitrogen and oxygen atoms in total. The molecule has 1 amide bonds. The van der Waals surface area contributed by atoms with Gasteiger partial charge in [-0.2, -0.15) is 5.10 Å². The van der Waals surface area contributed by atoms with E-state index in [1.165, 1.54) is 0 Å². The van der Waals surface area contributed by atoms with Gasteiger partial charge in [-0.15, -0.1) is 0 Å². The van der Waals surface area contributed by atoms with Gasteiger partial charge in [0.2, 0.25) is 0 Å². The Morgan fingerprint density at radius 1 is 1.41 bits per heavy atom. The van der Waals surface area contributed by atoms with Gasteiger partial charge < -0.3 is 4.74 Å². The van der Waals surface area contributed by atoms with Crippen molar-refractivity contribution in [2.24, 2.45) is 7.05 Å². The third-order valence-corrected chi connectivity index (χ3v) is 3.10. The fourth-order valence-electron chi connectivity index (χ4n) is 2.08. The van der Waals surface area contributed by atoms with E-state index in [1.54, 1.807) is 6.20 Å². The molecule has 0 radical (unpaired) electrons. The molecule has 118 valence electrons. The number of anilines is 1. The summed E-state index contributed by atoms with van der Waals surface area (Å²) in [6.07, 6.45) is 3.74. The van der Waals surface area contributed by atoms with Crippen molar-refractivity contribution in [2.45, 2.75) is 39.7 Å². The van der Waals surface area contributed by atoms with E-state index in [1.807, 2.05) is 57.8 Å². The molecule has 0 unspecified atom stereocenters. The van der Waals surface area contributed by atoms with E-state index in [0.717, 1.165) is 23.2 Å². The van der Waals surface area contributed by atoms with Gasteiger partial charge >= 0.3 is 6.09 Å². The monoisotopic (exact) mass is 302 g/mol.